The summed E-state index contributed by atoms with van der Waals surface area (Å²) < 4.78 is 11.6. The van der Waals surface area contributed by atoms with E-state index in [1.807, 2.05) is 13.8 Å². The number of hydrogen-bond acceptors (Lipinski definition) is 8. The van der Waals surface area contributed by atoms with Crippen LogP contribution >= 0.6 is 11.6 Å². The third kappa shape index (κ3) is 10.7. The Kier molecular flexibility index (Phi) is 11.8. The van der Waals surface area contributed by atoms with Gasteiger partial charge in [0, 0.05) is 51.7 Å². The summed E-state index contributed by atoms with van der Waals surface area (Å²) in [7, 11) is 0. The summed E-state index contributed by atoms with van der Waals surface area (Å²) in [5, 5.41) is 26.0. The Hall–Kier alpha value is -4.81. The Morgan fingerprint density at radius 1 is 1.02 bits per heavy atom. The lowest BCUT2D eigenvalue weighted by Crippen LogP contribution is -2.37. The normalized spacial score (nSPS) is 11.1. The zero-order valence-electron chi connectivity index (χ0n) is 25.6. The molecule has 3 rings (SSSR count). The number of carbonyl (C=O) groups excluding carboxylic acids is 2. The fraction of sp³-hybridized carbons (Fsp3) is 0.312. The van der Waals surface area contributed by atoms with Gasteiger partial charge >= 0.3 is 5.97 Å². The first-order valence-corrected chi connectivity index (χ1v) is 14.5. The van der Waals surface area contributed by atoms with Crippen LogP contribution in [0.2, 0.25) is 5.02 Å². The summed E-state index contributed by atoms with van der Waals surface area (Å²) in [4.78, 5) is 37.8. The molecule has 2 amide bonds. The molecule has 0 unspecified atom stereocenters. The van der Waals surface area contributed by atoms with Gasteiger partial charge in [-0.15, -0.1) is 0 Å². The number of ether oxygens (including phenoxy) is 2. The van der Waals surface area contributed by atoms with Gasteiger partial charge in [-0.3, -0.25) is 15.0 Å². The second-order valence-corrected chi connectivity index (χ2v) is 11.7. The number of anilines is 2. The molecule has 0 aliphatic carbocycles. The molecule has 0 aliphatic heterocycles. The van der Waals surface area contributed by atoms with Crippen LogP contribution in [0.25, 0.3) is 0 Å². The van der Waals surface area contributed by atoms with Crippen molar-refractivity contribution in [3.8, 4) is 11.5 Å². The predicted molar refractivity (Wildman–Crippen MR) is 175 cm³/mol. The molecule has 240 valence electrons. The largest absolute Gasteiger partial charge is 0.487 e. The lowest BCUT2D eigenvalue weighted by molar-refractivity contribution is -0.139. The van der Waals surface area contributed by atoms with Crippen molar-refractivity contribution in [1.82, 2.24) is 5.32 Å². The van der Waals surface area contributed by atoms with Crippen LogP contribution in [0.5, 0.6) is 11.5 Å². The number of carbonyl (C=O) groups is 3. The minimum absolute atomic E-state index is 0.0234. The van der Waals surface area contributed by atoms with E-state index in [1.54, 1.807) is 56.3 Å². The maximum absolute atomic E-state index is 13.3. The van der Waals surface area contributed by atoms with Crippen molar-refractivity contribution in [2.75, 3.05) is 23.8 Å². The molecule has 45 heavy (non-hydrogen) atoms. The van der Waals surface area contributed by atoms with E-state index in [9.17, 15) is 19.5 Å². The third-order valence-corrected chi connectivity index (χ3v) is 6.54. The average Bonchev–Trinajstić information content (AvgIpc) is 2.94. The molecule has 0 saturated heterocycles. The van der Waals surface area contributed by atoms with E-state index in [0.29, 0.717) is 40.5 Å². The molecule has 0 heterocycles. The molecule has 0 radical (unpaired) electrons. The molecule has 3 aromatic carbocycles. The van der Waals surface area contributed by atoms with Crippen molar-refractivity contribution >= 4 is 46.6 Å². The maximum Gasteiger partial charge on any atom is 0.341 e. The summed E-state index contributed by atoms with van der Waals surface area (Å²) in [5.41, 5.74) is 13.4. The summed E-state index contributed by atoms with van der Waals surface area (Å²) in [6, 6.07) is 14.3. The number of carboxylic acids is 1. The second-order valence-electron chi connectivity index (χ2n) is 11.3. The van der Waals surface area contributed by atoms with Gasteiger partial charge in [0.25, 0.3) is 11.8 Å². The number of nitrogens with one attached hydrogen (secondary N) is 4. The molecule has 0 aliphatic rings. The molecule has 13 heteroatoms. The number of rotatable bonds is 15. The van der Waals surface area contributed by atoms with Crippen LogP contribution in [-0.2, 0) is 11.3 Å². The standard InChI is InChI=1S/C32H39ClN6O6/c1-18(2)45-26-14-20(30(42)37-12-11-32(3,4)36)13-21(28(26)44-17-27(40)41)16-38-25-10-7-22(33)15-24(25)31(43)39-23-8-5-19(6-9-23)29(34)35/h5-10,13-15,18,38H,11-12,16-17,36H2,1-4H3,(H3,34,35)(H,37,42)(H,39,43)(H,40,41). The second kappa shape index (κ2) is 15.3. The molecule has 0 spiro atoms. The van der Waals surface area contributed by atoms with Crippen LogP contribution in [0.1, 0.15) is 66.0 Å². The van der Waals surface area contributed by atoms with Crippen molar-refractivity contribution in [3.05, 3.63) is 81.9 Å². The highest BCUT2D eigenvalue weighted by Crippen LogP contribution is 2.35. The van der Waals surface area contributed by atoms with Gasteiger partial charge in [0.1, 0.15) is 5.84 Å². The molecule has 0 bridgehead atoms. The van der Waals surface area contributed by atoms with Gasteiger partial charge in [-0.1, -0.05) is 11.6 Å². The van der Waals surface area contributed by atoms with Gasteiger partial charge in [0.15, 0.2) is 18.1 Å². The maximum atomic E-state index is 13.3. The first-order valence-electron chi connectivity index (χ1n) is 14.2. The Bertz CT molecular complexity index is 1550. The molecular weight excluding hydrogens is 600 g/mol. The van der Waals surface area contributed by atoms with Crippen molar-refractivity contribution in [2.45, 2.75) is 52.3 Å². The molecule has 0 aromatic heterocycles. The quantitative estimate of drug-likeness (QED) is 0.0917. The first kappa shape index (κ1) is 34.7. The number of nitrogen functional groups attached to an aromatic ring is 1. The fourth-order valence-corrected chi connectivity index (χ4v) is 4.31. The Morgan fingerprint density at radius 3 is 2.31 bits per heavy atom. The minimum atomic E-state index is -1.19. The highest BCUT2D eigenvalue weighted by atomic mass is 35.5. The van der Waals surface area contributed by atoms with Crippen molar-refractivity contribution in [1.29, 1.82) is 5.41 Å². The Balaban J connectivity index is 1.95. The minimum Gasteiger partial charge on any atom is -0.487 e. The summed E-state index contributed by atoms with van der Waals surface area (Å²) in [5.74, 6) is -1.78. The van der Waals surface area contributed by atoms with Gasteiger partial charge in [0.2, 0.25) is 0 Å². The van der Waals surface area contributed by atoms with Crippen LogP contribution in [-0.4, -0.2) is 53.5 Å². The Labute approximate surface area is 266 Å². The first-order chi connectivity index (χ1) is 21.1. The number of hydrogen-bond donors (Lipinski definition) is 7. The van der Waals surface area contributed by atoms with Crippen LogP contribution in [0.3, 0.4) is 0 Å². The van der Waals surface area contributed by atoms with Gasteiger partial charge < -0.3 is 42.0 Å². The molecule has 0 atom stereocenters. The summed E-state index contributed by atoms with van der Waals surface area (Å²) >= 11 is 6.24. The predicted octanol–water partition coefficient (Wildman–Crippen LogP) is 4.60. The summed E-state index contributed by atoms with van der Waals surface area (Å²) in [6.07, 6.45) is 0.232. The molecule has 9 N–H and O–H groups in total. The Morgan fingerprint density at radius 2 is 1.71 bits per heavy atom. The number of carboxylic acid groups (broad SMARTS) is 1. The molecular formula is C32H39ClN6O6. The number of nitrogens with two attached hydrogens (primary N) is 2. The van der Waals surface area contributed by atoms with Crippen molar-refractivity contribution < 1.29 is 29.0 Å². The number of halogens is 1. The smallest absolute Gasteiger partial charge is 0.341 e. The van der Waals surface area contributed by atoms with E-state index >= 15 is 0 Å². The van der Waals surface area contributed by atoms with Crippen LogP contribution in [0.15, 0.2) is 54.6 Å². The van der Waals surface area contributed by atoms with Gasteiger partial charge in [0.05, 0.1) is 11.7 Å². The van der Waals surface area contributed by atoms with E-state index < -0.39 is 24.0 Å². The zero-order valence-corrected chi connectivity index (χ0v) is 26.4. The topological polar surface area (TPSA) is 202 Å². The monoisotopic (exact) mass is 638 g/mol. The van der Waals surface area contributed by atoms with E-state index in [-0.39, 0.29) is 47.0 Å². The fourth-order valence-electron chi connectivity index (χ4n) is 4.14. The SMILES string of the molecule is CC(C)Oc1cc(C(=O)NCCC(C)(C)N)cc(CNc2ccc(Cl)cc2C(=O)Nc2ccc(C(=N)N)cc2)c1OCC(=O)O. The molecule has 0 saturated carbocycles. The number of benzene rings is 3. The van der Waals surface area contributed by atoms with E-state index in [2.05, 4.69) is 16.0 Å². The lowest BCUT2D eigenvalue weighted by atomic mass is 10.0. The van der Waals surface area contributed by atoms with E-state index in [0.717, 1.165) is 0 Å². The summed E-state index contributed by atoms with van der Waals surface area (Å²) in [6.45, 7) is 7.03. The third-order valence-electron chi connectivity index (χ3n) is 6.30. The number of amidine groups is 1. The number of amides is 2. The molecule has 12 nitrogen and oxygen atoms in total. The molecule has 3 aromatic rings. The number of aliphatic carboxylic acids is 1. The highest BCUT2D eigenvalue weighted by Gasteiger charge is 2.21. The van der Waals surface area contributed by atoms with Crippen molar-refractivity contribution in [3.63, 3.8) is 0 Å². The van der Waals surface area contributed by atoms with Gasteiger partial charge in [-0.2, -0.15) is 0 Å². The van der Waals surface area contributed by atoms with Gasteiger partial charge in [-0.25, -0.2) is 4.79 Å². The van der Waals surface area contributed by atoms with Crippen LogP contribution in [0.4, 0.5) is 11.4 Å². The van der Waals surface area contributed by atoms with Gasteiger partial charge in [-0.05, 0) is 88.7 Å². The lowest BCUT2D eigenvalue weighted by Gasteiger charge is -2.21. The molecule has 0 fully saturated rings. The zero-order chi connectivity index (χ0) is 33.3. The van der Waals surface area contributed by atoms with Crippen molar-refractivity contribution in [2.24, 2.45) is 11.5 Å². The van der Waals surface area contributed by atoms with Crippen LogP contribution < -0.4 is 36.9 Å². The van der Waals surface area contributed by atoms with E-state index in [1.165, 1.54) is 12.1 Å². The average molecular weight is 639 g/mol. The van der Waals surface area contributed by atoms with Crippen LogP contribution in [0, 0.1) is 5.41 Å². The highest BCUT2D eigenvalue weighted by molar-refractivity contribution is 6.31. The van der Waals surface area contributed by atoms with E-state index in [4.69, 9.17) is 38.0 Å².